The normalized spacial score (nSPS) is 17.3. The van der Waals surface area contributed by atoms with E-state index in [4.69, 9.17) is 9.72 Å². The number of hydrogen-bond acceptors (Lipinski definition) is 4. The maximum atomic E-state index is 12.7. The van der Waals surface area contributed by atoms with Gasteiger partial charge in [0.25, 0.3) is 0 Å². The number of carbonyl (C=O) groups is 1. The first kappa shape index (κ1) is 19.4. The summed E-state index contributed by atoms with van der Waals surface area (Å²) in [6, 6.07) is 14.6. The molecule has 2 aromatic carbocycles. The number of likely N-dealkylation sites (tertiary alicyclic amines) is 1. The quantitative estimate of drug-likeness (QED) is 0.423. The average Bonchev–Trinajstić information content (AvgIpc) is 3.26. The van der Waals surface area contributed by atoms with Gasteiger partial charge in [-0.25, -0.2) is 9.78 Å². The van der Waals surface area contributed by atoms with Gasteiger partial charge in [-0.3, -0.25) is 4.90 Å². The van der Waals surface area contributed by atoms with Gasteiger partial charge in [0.1, 0.15) is 10.6 Å². The second kappa shape index (κ2) is 7.48. The van der Waals surface area contributed by atoms with Crippen molar-refractivity contribution in [1.29, 1.82) is 0 Å². The Bertz CT molecular complexity index is 1020. The first-order valence-corrected chi connectivity index (χ1v) is 11.1. The van der Waals surface area contributed by atoms with Gasteiger partial charge >= 0.3 is 6.09 Å². The topological polar surface area (TPSA) is 42.4 Å². The van der Waals surface area contributed by atoms with Crippen LogP contribution in [0, 0.1) is 0 Å². The number of aromatic nitrogens is 1. The minimum Gasteiger partial charge on any atom is -0.444 e. The van der Waals surface area contributed by atoms with Crippen molar-refractivity contribution in [2.45, 2.75) is 45.3 Å². The first-order valence-electron chi connectivity index (χ1n) is 9.47. The average molecular weight is 459 g/mol. The largest absolute Gasteiger partial charge is 0.444 e. The second-order valence-electron chi connectivity index (χ2n) is 8.03. The minimum atomic E-state index is -0.498. The van der Waals surface area contributed by atoms with Crippen molar-refractivity contribution in [3.05, 3.63) is 51.3 Å². The van der Waals surface area contributed by atoms with Crippen LogP contribution in [-0.2, 0) is 4.74 Å². The third-order valence-electron chi connectivity index (χ3n) is 4.81. The lowest BCUT2D eigenvalue weighted by Gasteiger charge is -2.27. The van der Waals surface area contributed by atoms with E-state index in [-0.39, 0.29) is 12.1 Å². The van der Waals surface area contributed by atoms with Crippen LogP contribution in [-0.4, -0.2) is 28.1 Å². The van der Waals surface area contributed by atoms with Gasteiger partial charge in [-0.2, -0.15) is 0 Å². The lowest BCUT2D eigenvalue weighted by atomic mass is 10.0. The summed E-state index contributed by atoms with van der Waals surface area (Å²) in [4.78, 5) is 19.4. The number of hydrogen-bond donors (Lipinski definition) is 0. The Morgan fingerprint density at radius 1 is 1.21 bits per heavy atom. The van der Waals surface area contributed by atoms with Crippen LogP contribution in [0.25, 0.3) is 22.0 Å². The van der Waals surface area contributed by atoms with Crippen LogP contribution in [0.3, 0.4) is 0 Å². The summed E-state index contributed by atoms with van der Waals surface area (Å²) in [5, 5.41) is 3.33. The number of carbonyl (C=O) groups excluding carboxylic acids is 1. The van der Waals surface area contributed by atoms with E-state index in [2.05, 4.69) is 46.3 Å². The molecule has 1 saturated heterocycles. The highest BCUT2D eigenvalue weighted by molar-refractivity contribution is 9.11. The van der Waals surface area contributed by atoms with E-state index in [1.807, 2.05) is 37.8 Å². The molecular weight excluding hydrogens is 436 g/mol. The van der Waals surface area contributed by atoms with Gasteiger partial charge in [0.15, 0.2) is 0 Å². The number of ether oxygens (including phenoxy) is 1. The smallest absolute Gasteiger partial charge is 0.410 e. The predicted octanol–water partition coefficient (Wildman–Crippen LogP) is 6.80. The van der Waals surface area contributed by atoms with Crippen LogP contribution in [0.1, 0.15) is 44.7 Å². The van der Waals surface area contributed by atoms with E-state index in [1.165, 1.54) is 10.8 Å². The molecule has 0 radical (unpaired) electrons. The van der Waals surface area contributed by atoms with Crippen molar-refractivity contribution in [3.63, 3.8) is 0 Å². The molecule has 1 aromatic heterocycles. The summed E-state index contributed by atoms with van der Waals surface area (Å²) in [5.74, 6) is 0. The summed E-state index contributed by atoms with van der Waals surface area (Å²) in [5.41, 5.74) is 1.55. The van der Waals surface area contributed by atoms with Crippen molar-refractivity contribution in [2.75, 3.05) is 6.54 Å². The Labute approximate surface area is 177 Å². The second-order valence-corrected chi connectivity index (χ2v) is 10.4. The van der Waals surface area contributed by atoms with Gasteiger partial charge in [-0.1, -0.05) is 42.5 Å². The van der Waals surface area contributed by atoms with Crippen molar-refractivity contribution >= 4 is 44.1 Å². The molecule has 28 heavy (non-hydrogen) atoms. The Balaban J connectivity index is 1.68. The van der Waals surface area contributed by atoms with E-state index >= 15 is 0 Å². The fourth-order valence-electron chi connectivity index (χ4n) is 3.62. The molecule has 0 aliphatic carbocycles. The van der Waals surface area contributed by atoms with Crippen molar-refractivity contribution < 1.29 is 9.53 Å². The van der Waals surface area contributed by atoms with Crippen molar-refractivity contribution in [2.24, 2.45) is 0 Å². The Hall–Kier alpha value is -1.92. The van der Waals surface area contributed by atoms with E-state index < -0.39 is 5.60 Å². The van der Waals surface area contributed by atoms with Crippen molar-refractivity contribution in [3.8, 4) is 11.3 Å². The number of amides is 1. The zero-order valence-corrected chi connectivity index (χ0v) is 18.6. The van der Waals surface area contributed by atoms with Crippen LogP contribution in [0.2, 0.25) is 0 Å². The van der Waals surface area contributed by atoms with E-state index in [0.29, 0.717) is 6.54 Å². The molecule has 0 N–H and O–H groups in total. The van der Waals surface area contributed by atoms with Crippen molar-refractivity contribution in [1.82, 2.24) is 9.88 Å². The van der Waals surface area contributed by atoms with Gasteiger partial charge in [0.2, 0.25) is 0 Å². The lowest BCUT2D eigenvalue weighted by molar-refractivity contribution is 0.0224. The minimum absolute atomic E-state index is 0.0279. The summed E-state index contributed by atoms with van der Waals surface area (Å²) >= 11 is 5.32. The Kier molecular flexibility index (Phi) is 5.19. The Morgan fingerprint density at radius 3 is 2.75 bits per heavy atom. The van der Waals surface area contributed by atoms with Gasteiger partial charge in [0.05, 0.1) is 15.5 Å². The molecule has 4 nitrogen and oxygen atoms in total. The molecule has 3 aromatic rings. The van der Waals surface area contributed by atoms with Crippen LogP contribution < -0.4 is 0 Å². The van der Waals surface area contributed by atoms with Gasteiger partial charge in [-0.15, -0.1) is 11.3 Å². The fraction of sp³-hybridized carbons (Fsp3) is 0.364. The number of rotatable bonds is 2. The molecule has 1 atom stereocenters. The maximum Gasteiger partial charge on any atom is 0.410 e. The third-order valence-corrected chi connectivity index (χ3v) is 6.62. The van der Waals surface area contributed by atoms with Crippen LogP contribution in [0.15, 0.2) is 46.3 Å². The standard InChI is InChI=1S/C22H23BrN2O2S/c1-22(2,3)27-21(26)25-13-7-12-17(25)20-24-18(19(23)28-20)16-11-6-9-14-8-4-5-10-15(14)16/h4-6,8-11,17H,7,12-13H2,1-3H3. The van der Waals surface area contributed by atoms with E-state index in [9.17, 15) is 4.79 Å². The molecule has 146 valence electrons. The molecule has 0 spiro atoms. The summed E-state index contributed by atoms with van der Waals surface area (Å²) in [6.07, 6.45) is 1.62. The first-order chi connectivity index (χ1) is 13.3. The summed E-state index contributed by atoms with van der Waals surface area (Å²) in [6.45, 7) is 6.40. The van der Waals surface area contributed by atoms with Gasteiger partial charge in [0, 0.05) is 12.1 Å². The summed E-state index contributed by atoms with van der Waals surface area (Å²) < 4.78 is 6.60. The van der Waals surface area contributed by atoms with Gasteiger partial charge < -0.3 is 4.74 Å². The van der Waals surface area contributed by atoms with Gasteiger partial charge in [-0.05, 0) is 60.3 Å². The van der Waals surface area contributed by atoms with Crippen LogP contribution in [0.5, 0.6) is 0 Å². The lowest BCUT2D eigenvalue weighted by Crippen LogP contribution is -2.36. The highest BCUT2D eigenvalue weighted by Crippen LogP contribution is 2.42. The zero-order chi connectivity index (χ0) is 19.9. The highest BCUT2D eigenvalue weighted by Gasteiger charge is 2.35. The number of fused-ring (bicyclic) bond motifs is 1. The fourth-order valence-corrected chi connectivity index (χ4v) is 5.37. The van der Waals surface area contributed by atoms with E-state index in [0.717, 1.165) is 32.9 Å². The molecule has 1 fully saturated rings. The number of halogens is 1. The highest BCUT2D eigenvalue weighted by atomic mass is 79.9. The SMILES string of the molecule is CC(C)(C)OC(=O)N1CCCC1c1nc(-c2cccc3ccccc23)c(Br)s1. The number of thiazole rings is 1. The van der Waals surface area contributed by atoms with Crippen LogP contribution >= 0.6 is 27.3 Å². The molecule has 1 aliphatic rings. The predicted molar refractivity (Wildman–Crippen MR) is 118 cm³/mol. The molecular formula is C22H23BrN2O2S. The van der Waals surface area contributed by atoms with E-state index in [1.54, 1.807) is 11.3 Å². The molecule has 1 amide bonds. The molecule has 2 heterocycles. The summed E-state index contributed by atoms with van der Waals surface area (Å²) in [7, 11) is 0. The number of benzene rings is 2. The number of nitrogens with zero attached hydrogens (tertiary/aromatic N) is 2. The molecule has 0 bridgehead atoms. The third kappa shape index (κ3) is 3.80. The molecule has 6 heteroatoms. The molecule has 1 unspecified atom stereocenters. The maximum absolute atomic E-state index is 12.7. The molecule has 4 rings (SSSR count). The zero-order valence-electron chi connectivity index (χ0n) is 16.2. The molecule has 1 aliphatic heterocycles. The Morgan fingerprint density at radius 2 is 1.96 bits per heavy atom. The monoisotopic (exact) mass is 458 g/mol. The molecule has 0 saturated carbocycles. The van der Waals surface area contributed by atoms with Crippen LogP contribution in [0.4, 0.5) is 4.79 Å².